The standard InChI is InChI=1S/C16H23NO4/c1-3-4-5-6-7-12-21-15-9-8-14(10-11-17(18)19)13-16(15)20-2/h8-11,13H,3-7,12H2,1-2H3/b11-10+. The Morgan fingerprint density at radius 1 is 1.19 bits per heavy atom. The predicted molar refractivity (Wildman–Crippen MR) is 83.3 cm³/mol. The van der Waals surface area contributed by atoms with Crippen molar-refractivity contribution in [2.75, 3.05) is 13.7 Å². The number of benzene rings is 1. The van der Waals surface area contributed by atoms with Crippen molar-refractivity contribution < 1.29 is 14.4 Å². The van der Waals surface area contributed by atoms with Crippen LogP contribution in [0, 0.1) is 10.1 Å². The summed E-state index contributed by atoms with van der Waals surface area (Å²) in [6.45, 7) is 2.85. The van der Waals surface area contributed by atoms with Crippen LogP contribution in [-0.2, 0) is 0 Å². The van der Waals surface area contributed by atoms with Crippen LogP contribution in [0.25, 0.3) is 6.08 Å². The van der Waals surface area contributed by atoms with Crippen molar-refractivity contribution in [2.24, 2.45) is 0 Å². The molecule has 0 aliphatic rings. The Morgan fingerprint density at radius 3 is 2.62 bits per heavy atom. The smallest absolute Gasteiger partial charge is 0.235 e. The van der Waals surface area contributed by atoms with E-state index in [0.717, 1.165) is 12.6 Å². The SMILES string of the molecule is CCCCCCCOc1ccc(/C=C/[N+](=O)[O-])cc1OC. The molecule has 116 valence electrons. The maximum absolute atomic E-state index is 10.3. The van der Waals surface area contributed by atoms with Gasteiger partial charge in [-0.3, -0.25) is 10.1 Å². The number of rotatable bonds is 10. The lowest BCUT2D eigenvalue weighted by atomic mass is 10.1. The molecule has 21 heavy (non-hydrogen) atoms. The second-order valence-electron chi connectivity index (χ2n) is 4.77. The Kier molecular flexibility index (Phi) is 7.94. The monoisotopic (exact) mass is 293 g/mol. The van der Waals surface area contributed by atoms with Crippen molar-refractivity contribution in [3.63, 3.8) is 0 Å². The van der Waals surface area contributed by atoms with Crippen LogP contribution in [0.1, 0.15) is 44.6 Å². The van der Waals surface area contributed by atoms with Crippen molar-refractivity contribution in [2.45, 2.75) is 39.0 Å². The fourth-order valence-corrected chi connectivity index (χ4v) is 1.94. The van der Waals surface area contributed by atoms with Crippen molar-refractivity contribution >= 4 is 6.08 Å². The van der Waals surface area contributed by atoms with E-state index in [1.54, 1.807) is 25.3 Å². The maximum Gasteiger partial charge on any atom is 0.235 e. The van der Waals surface area contributed by atoms with Crippen molar-refractivity contribution in [1.82, 2.24) is 0 Å². The van der Waals surface area contributed by atoms with E-state index in [1.165, 1.54) is 31.8 Å². The summed E-state index contributed by atoms with van der Waals surface area (Å²) < 4.78 is 11.0. The van der Waals surface area contributed by atoms with Gasteiger partial charge in [0.15, 0.2) is 11.5 Å². The van der Waals surface area contributed by atoms with Crippen LogP contribution in [0.3, 0.4) is 0 Å². The first kappa shape index (κ1) is 17.0. The van der Waals surface area contributed by atoms with E-state index in [4.69, 9.17) is 9.47 Å². The zero-order valence-corrected chi connectivity index (χ0v) is 12.7. The number of nitro groups is 1. The summed E-state index contributed by atoms with van der Waals surface area (Å²) in [5.74, 6) is 1.26. The van der Waals surface area contributed by atoms with Crippen molar-refractivity contribution in [3.8, 4) is 11.5 Å². The Bertz CT molecular complexity index is 471. The minimum absolute atomic E-state index is 0.493. The molecule has 0 unspecified atom stereocenters. The van der Waals surface area contributed by atoms with E-state index < -0.39 is 4.92 Å². The highest BCUT2D eigenvalue weighted by molar-refractivity contribution is 5.55. The first-order valence-electron chi connectivity index (χ1n) is 7.30. The van der Waals surface area contributed by atoms with Crippen LogP contribution in [-0.4, -0.2) is 18.6 Å². The first-order valence-corrected chi connectivity index (χ1v) is 7.30. The van der Waals surface area contributed by atoms with E-state index in [9.17, 15) is 10.1 Å². The van der Waals surface area contributed by atoms with Crippen LogP contribution in [0.15, 0.2) is 24.4 Å². The molecular weight excluding hydrogens is 270 g/mol. The number of ether oxygens (including phenoxy) is 2. The number of methoxy groups -OCH3 is 1. The molecule has 0 aliphatic carbocycles. The molecule has 0 bridgehead atoms. The molecule has 0 heterocycles. The molecule has 0 saturated heterocycles. The van der Waals surface area contributed by atoms with E-state index in [-0.39, 0.29) is 0 Å². The molecule has 0 aromatic heterocycles. The van der Waals surface area contributed by atoms with Gasteiger partial charge in [-0.15, -0.1) is 0 Å². The summed E-state index contributed by atoms with van der Waals surface area (Å²) in [7, 11) is 1.56. The average Bonchev–Trinajstić information content (AvgIpc) is 2.49. The highest BCUT2D eigenvalue weighted by Gasteiger charge is 2.05. The number of hydrogen-bond donors (Lipinski definition) is 0. The minimum atomic E-state index is -0.493. The summed E-state index contributed by atoms with van der Waals surface area (Å²) in [4.78, 5) is 9.81. The molecule has 1 aromatic carbocycles. The zero-order chi connectivity index (χ0) is 15.5. The molecule has 5 heteroatoms. The highest BCUT2D eigenvalue weighted by Crippen LogP contribution is 2.28. The van der Waals surface area contributed by atoms with Gasteiger partial charge in [-0.1, -0.05) is 38.7 Å². The molecular formula is C16H23NO4. The average molecular weight is 293 g/mol. The summed E-state index contributed by atoms with van der Waals surface area (Å²) in [5, 5.41) is 10.3. The lowest BCUT2D eigenvalue weighted by Crippen LogP contribution is -1.99. The van der Waals surface area contributed by atoms with Gasteiger partial charge in [0.1, 0.15) is 0 Å². The summed E-state index contributed by atoms with van der Waals surface area (Å²) in [6, 6.07) is 5.28. The quantitative estimate of drug-likeness (QED) is 0.367. The van der Waals surface area contributed by atoms with Crippen molar-refractivity contribution in [3.05, 3.63) is 40.1 Å². The third-order valence-corrected chi connectivity index (χ3v) is 3.08. The van der Waals surface area contributed by atoms with Gasteiger partial charge in [0.2, 0.25) is 6.20 Å². The largest absolute Gasteiger partial charge is 0.493 e. The van der Waals surface area contributed by atoms with Gasteiger partial charge in [0.05, 0.1) is 18.6 Å². The Balaban J connectivity index is 2.52. The fraction of sp³-hybridized carbons (Fsp3) is 0.500. The molecule has 0 N–H and O–H groups in total. The lowest BCUT2D eigenvalue weighted by molar-refractivity contribution is -0.400. The van der Waals surface area contributed by atoms with E-state index in [1.807, 2.05) is 0 Å². The highest BCUT2D eigenvalue weighted by atomic mass is 16.6. The van der Waals surface area contributed by atoms with E-state index in [2.05, 4.69) is 6.92 Å². The van der Waals surface area contributed by atoms with Crippen LogP contribution < -0.4 is 9.47 Å². The Labute approximate surface area is 125 Å². The second kappa shape index (κ2) is 9.80. The van der Waals surface area contributed by atoms with Gasteiger partial charge in [-0.2, -0.15) is 0 Å². The number of nitrogens with zero attached hydrogens (tertiary/aromatic N) is 1. The second-order valence-corrected chi connectivity index (χ2v) is 4.77. The van der Waals surface area contributed by atoms with Crippen molar-refractivity contribution in [1.29, 1.82) is 0 Å². The predicted octanol–water partition coefficient (Wildman–Crippen LogP) is 4.29. The summed E-state index contributed by atoms with van der Waals surface area (Å²) in [5.41, 5.74) is 0.707. The van der Waals surface area contributed by atoms with Crippen LogP contribution in [0.4, 0.5) is 0 Å². The van der Waals surface area contributed by atoms with Gasteiger partial charge in [0, 0.05) is 6.08 Å². The Hall–Kier alpha value is -2.04. The molecule has 0 saturated carbocycles. The molecule has 1 rings (SSSR count). The van der Waals surface area contributed by atoms with Gasteiger partial charge < -0.3 is 9.47 Å². The maximum atomic E-state index is 10.3. The van der Waals surface area contributed by atoms with E-state index >= 15 is 0 Å². The van der Waals surface area contributed by atoms with Crippen LogP contribution in [0.2, 0.25) is 0 Å². The molecule has 0 spiro atoms. The number of unbranched alkanes of at least 4 members (excludes halogenated alkanes) is 4. The topological polar surface area (TPSA) is 61.6 Å². The fourth-order valence-electron chi connectivity index (χ4n) is 1.94. The van der Waals surface area contributed by atoms with Crippen LogP contribution in [0.5, 0.6) is 11.5 Å². The third kappa shape index (κ3) is 6.79. The van der Waals surface area contributed by atoms with Gasteiger partial charge in [0.25, 0.3) is 0 Å². The normalized spacial score (nSPS) is 10.8. The zero-order valence-electron chi connectivity index (χ0n) is 12.7. The molecule has 0 amide bonds. The molecule has 0 aliphatic heterocycles. The summed E-state index contributed by atoms with van der Waals surface area (Å²) >= 11 is 0. The molecule has 0 radical (unpaired) electrons. The van der Waals surface area contributed by atoms with E-state index in [0.29, 0.717) is 23.7 Å². The molecule has 0 fully saturated rings. The molecule has 1 aromatic rings. The minimum Gasteiger partial charge on any atom is -0.493 e. The van der Waals surface area contributed by atoms with Gasteiger partial charge in [-0.25, -0.2) is 0 Å². The third-order valence-electron chi connectivity index (χ3n) is 3.08. The van der Waals surface area contributed by atoms with Gasteiger partial charge in [-0.05, 0) is 24.1 Å². The molecule has 5 nitrogen and oxygen atoms in total. The van der Waals surface area contributed by atoms with Crippen LogP contribution >= 0.6 is 0 Å². The lowest BCUT2D eigenvalue weighted by Gasteiger charge is -2.11. The summed E-state index contributed by atoms with van der Waals surface area (Å²) in [6.07, 6.45) is 8.25. The first-order chi connectivity index (χ1) is 10.2. The Morgan fingerprint density at radius 2 is 1.95 bits per heavy atom. The molecule has 0 atom stereocenters. The van der Waals surface area contributed by atoms with Gasteiger partial charge >= 0.3 is 0 Å². The number of hydrogen-bond acceptors (Lipinski definition) is 4.